The van der Waals surface area contributed by atoms with Crippen molar-refractivity contribution in [1.82, 2.24) is 4.98 Å². The number of nitrogens with two attached hydrogens (primary N) is 1. The van der Waals surface area contributed by atoms with E-state index in [9.17, 15) is 0 Å². The average Bonchev–Trinajstić information content (AvgIpc) is 1.94. The maximum atomic E-state index is 8.13. The average molecular weight is 137 g/mol. The van der Waals surface area contributed by atoms with Gasteiger partial charge in [-0.15, -0.1) is 0 Å². The van der Waals surface area contributed by atoms with Gasteiger partial charge >= 0.3 is 0 Å². The van der Waals surface area contributed by atoms with Crippen LogP contribution < -0.4 is 5.73 Å². The first-order valence-electron chi connectivity index (χ1n) is 2.72. The lowest BCUT2D eigenvalue weighted by atomic mass is 10.3. The van der Waals surface area contributed by atoms with Gasteiger partial charge in [0, 0.05) is 11.8 Å². The molecule has 1 rings (SSSR count). The third-order valence-electron chi connectivity index (χ3n) is 1.07. The molecule has 0 aliphatic heterocycles. The van der Waals surface area contributed by atoms with Gasteiger partial charge in [0.25, 0.3) is 0 Å². The van der Waals surface area contributed by atoms with Crippen LogP contribution in [-0.2, 0) is 0 Å². The van der Waals surface area contributed by atoms with Gasteiger partial charge in [-0.3, -0.25) is 0 Å². The van der Waals surface area contributed by atoms with Crippen LogP contribution in [0.25, 0.3) is 0 Å². The maximum absolute atomic E-state index is 8.13. The molecule has 0 saturated heterocycles. The summed E-state index contributed by atoms with van der Waals surface area (Å²) in [6.45, 7) is 0. The van der Waals surface area contributed by atoms with E-state index in [1.54, 1.807) is 18.3 Å². The van der Waals surface area contributed by atoms with E-state index >= 15 is 0 Å². The molecule has 52 valence electrons. The molecule has 0 aliphatic rings. The first kappa shape index (κ1) is 6.54. The summed E-state index contributed by atoms with van der Waals surface area (Å²) in [5.41, 5.74) is 6.01. The molecule has 1 aromatic rings. The highest BCUT2D eigenvalue weighted by Gasteiger charge is 1.92. The summed E-state index contributed by atoms with van der Waals surface area (Å²) in [7, 11) is 0. The molecular formula is C6H7N3O. The normalized spacial score (nSPS) is 10.4. The summed E-state index contributed by atoms with van der Waals surface area (Å²) in [4.78, 5) is 3.77. The smallest absolute Gasteiger partial charge is 0.132 e. The van der Waals surface area contributed by atoms with Crippen LogP contribution in [0.1, 0.15) is 5.56 Å². The third kappa shape index (κ3) is 1.22. The molecule has 1 aromatic heterocycles. The Morgan fingerprint density at radius 3 is 3.10 bits per heavy atom. The second-order valence-corrected chi connectivity index (χ2v) is 1.72. The van der Waals surface area contributed by atoms with Crippen LogP contribution in [0.2, 0.25) is 0 Å². The molecule has 0 spiro atoms. The molecule has 0 aromatic carbocycles. The second-order valence-electron chi connectivity index (χ2n) is 1.72. The highest BCUT2D eigenvalue weighted by Crippen LogP contribution is 2.01. The first-order chi connectivity index (χ1) is 4.84. The van der Waals surface area contributed by atoms with Crippen molar-refractivity contribution in [1.29, 1.82) is 0 Å². The summed E-state index contributed by atoms with van der Waals surface area (Å²) in [5.74, 6) is 0.361. The quantitative estimate of drug-likeness (QED) is 0.336. The van der Waals surface area contributed by atoms with Crippen molar-refractivity contribution in [3.05, 3.63) is 23.9 Å². The molecule has 0 radical (unpaired) electrons. The number of pyridine rings is 1. The van der Waals surface area contributed by atoms with E-state index in [0.29, 0.717) is 11.4 Å². The van der Waals surface area contributed by atoms with Crippen molar-refractivity contribution in [2.24, 2.45) is 5.16 Å². The number of rotatable bonds is 1. The van der Waals surface area contributed by atoms with Crippen LogP contribution in [0, 0.1) is 0 Å². The molecule has 0 atom stereocenters. The van der Waals surface area contributed by atoms with Crippen molar-refractivity contribution >= 4 is 12.0 Å². The van der Waals surface area contributed by atoms with Gasteiger partial charge in [-0.05, 0) is 12.1 Å². The lowest BCUT2D eigenvalue weighted by molar-refractivity contribution is 0.322. The van der Waals surface area contributed by atoms with E-state index in [2.05, 4.69) is 10.1 Å². The molecule has 3 N–H and O–H groups in total. The Kier molecular flexibility index (Phi) is 1.84. The molecule has 0 bridgehead atoms. The van der Waals surface area contributed by atoms with Crippen LogP contribution in [0.15, 0.2) is 23.5 Å². The molecule has 0 unspecified atom stereocenters. The Balaban J connectivity index is 3.03. The number of oxime groups is 1. The number of aromatic nitrogens is 1. The number of anilines is 1. The zero-order chi connectivity index (χ0) is 7.40. The molecule has 0 fully saturated rings. The van der Waals surface area contributed by atoms with Gasteiger partial charge in [-0.1, -0.05) is 5.16 Å². The Labute approximate surface area is 58.0 Å². The summed E-state index contributed by atoms with van der Waals surface area (Å²) < 4.78 is 0. The molecule has 4 nitrogen and oxygen atoms in total. The van der Waals surface area contributed by atoms with E-state index in [1.165, 1.54) is 6.21 Å². The predicted molar refractivity (Wildman–Crippen MR) is 38.0 cm³/mol. The summed E-state index contributed by atoms with van der Waals surface area (Å²) >= 11 is 0. The van der Waals surface area contributed by atoms with Crippen molar-refractivity contribution in [2.75, 3.05) is 5.73 Å². The number of nitrogens with zero attached hydrogens (tertiary/aromatic N) is 2. The van der Waals surface area contributed by atoms with Crippen molar-refractivity contribution in [3.63, 3.8) is 0 Å². The Morgan fingerprint density at radius 1 is 1.70 bits per heavy atom. The van der Waals surface area contributed by atoms with Crippen LogP contribution >= 0.6 is 0 Å². The molecule has 4 heteroatoms. The van der Waals surface area contributed by atoms with Crippen molar-refractivity contribution in [2.45, 2.75) is 0 Å². The topological polar surface area (TPSA) is 71.5 Å². The zero-order valence-corrected chi connectivity index (χ0v) is 5.23. The van der Waals surface area contributed by atoms with Gasteiger partial charge in [-0.2, -0.15) is 0 Å². The lowest BCUT2D eigenvalue weighted by Gasteiger charge is -1.93. The van der Waals surface area contributed by atoms with E-state index in [0.717, 1.165) is 0 Å². The van der Waals surface area contributed by atoms with Gasteiger partial charge in [0.1, 0.15) is 5.82 Å². The summed E-state index contributed by atoms with van der Waals surface area (Å²) in [6.07, 6.45) is 2.81. The number of hydrogen-bond donors (Lipinski definition) is 2. The fraction of sp³-hybridized carbons (Fsp3) is 0. The van der Waals surface area contributed by atoms with Crippen molar-refractivity contribution in [3.8, 4) is 0 Å². The minimum absolute atomic E-state index is 0.361. The van der Waals surface area contributed by atoms with E-state index in [1.807, 2.05) is 0 Å². The first-order valence-corrected chi connectivity index (χ1v) is 2.72. The number of nitrogen functional groups attached to an aromatic ring is 1. The Bertz CT molecular complexity index is 247. The molecule has 1 heterocycles. The van der Waals surface area contributed by atoms with Crippen LogP contribution in [0.3, 0.4) is 0 Å². The highest BCUT2D eigenvalue weighted by molar-refractivity contribution is 5.84. The third-order valence-corrected chi connectivity index (χ3v) is 1.07. The van der Waals surface area contributed by atoms with Crippen LogP contribution in [0.4, 0.5) is 5.82 Å². The summed E-state index contributed by atoms with van der Waals surface area (Å²) in [5, 5.41) is 11.0. The maximum Gasteiger partial charge on any atom is 0.132 e. The Hall–Kier alpha value is -1.58. The zero-order valence-electron chi connectivity index (χ0n) is 5.23. The molecule has 0 saturated carbocycles. The standard InChI is InChI=1S/C6H7N3O/c7-6-5(4-9-10)2-1-3-8-6/h1-4,10H,(H2,7,8)/b9-4+. The van der Waals surface area contributed by atoms with E-state index < -0.39 is 0 Å². The van der Waals surface area contributed by atoms with Gasteiger partial charge in [0.2, 0.25) is 0 Å². The van der Waals surface area contributed by atoms with E-state index in [4.69, 9.17) is 10.9 Å². The van der Waals surface area contributed by atoms with E-state index in [-0.39, 0.29) is 0 Å². The summed E-state index contributed by atoms with van der Waals surface area (Å²) in [6, 6.07) is 3.43. The van der Waals surface area contributed by atoms with Crippen LogP contribution in [-0.4, -0.2) is 16.4 Å². The Morgan fingerprint density at radius 2 is 2.50 bits per heavy atom. The largest absolute Gasteiger partial charge is 0.411 e. The molecule has 0 aliphatic carbocycles. The van der Waals surface area contributed by atoms with Gasteiger partial charge in [-0.25, -0.2) is 4.98 Å². The fourth-order valence-corrected chi connectivity index (χ4v) is 0.601. The highest BCUT2D eigenvalue weighted by atomic mass is 16.4. The number of hydrogen-bond acceptors (Lipinski definition) is 4. The van der Waals surface area contributed by atoms with Crippen LogP contribution in [0.5, 0.6) is 0 Å². The molecular weight excluding hydrogens is 130 g/mol. The van der Waals surface area contributed by atoms with Crippen molar-refractivity contribution < 1.29 is 5.21 Å². The molecule has 0 amide bonds. The SMILES string of the molecule is Nc1ncccc1/C=N/O. The predicted octanol–water partition coefficient (Wildman–Crippen LogP) is 0.472. The van der Waals surface area contributed by atoms with Gasteiger partial charge in [0.15, 0.2) is 0 Å². The minimum Gasteiger partial charge on any atom is -0.411 e. The second kappa shape index (κ2) is 2.82. The molecule has 10 heavy (non-hydrogen) atoms. The fourth-order valence-electron chi connectivity index (χ4n) is 0.601. The lowest BCUT2D eigenvalue weighted by Crippen LogP contribution is -1.95. The minimum atomic E-state index is 0.361. The van der Waals surface area contributed by atoms with Gasteiger partial charge < -0.3 is 10.9 Å². The monoisotopic (exact) mass is 137 g/mol. The van der Waals surface area contributed by atoms with Gasteiger partial charge in [0.05, 0.1) is 6.21 Å².